The van der Waals surface area contributed by atoms with Gasteiger partial charge in [-0.1, -0.05) is 24.3 Å². The van der Waals surface area contributed by atoms with Gasteiger partial charge in [0.05, 0.1) is 7.11 Å². The van der Waals surface area contributed by atoms with Gasteiger partial charge >= 0.3 is 0 Å². The van der Waals surface area contributed by atoms with Crippen LogP contribution in [-0.4, -0.2) is 24.7 Å². The van der Waals surface area contributed by atoms with Crippen molar-refractivity contribution in [2.45, 2.75) is 6.42 Å². The lowest BCUT2D eigenvalue weighted by atomic mass is 10.1. The number of aliphatic hydroxyl groups is 1. The Bertz CT molecular complexity index is 648. The van der Waals surface area contributed by atoms with Crippen LogP contribution in [0.3, 0.4) is 0 Å². The second kappa shape index (κ2) is 8.00. The maximum atomic E-state index is 11.9. The monoisotopic (exact) mass is 297 g/mol. The molecule has 0 spiro atoms. The third-order valence-corrected chi connectivity index (χ3v) is 3.14. The molecule has 0 aliphatic carbocycles. The van der Waals surface area contributed by atoms with Crippen molar-refractivity contribution >= 4 is 17.7 Å². The van der Waals surface area contributed by atoms with Gasteiger partial charge in [-0.05, 0) is 47.9 Å². The van der Waals surface area contributed by atoms with E-state index >= 15 is 0 Å². The van der Waals surface area contributed by atoms with E-state index in [0.717, 1.165) is 22.6 Å². The smallest absolute Gasteiger partial charge is 0.248 e. The predicted octanol–water partition coefficient (Wildman–Crippen LogP) is 2.88. The van der Waals surface area contributed by atoms with E-state index in [0.29, 0.717) is 6.42 Å². The van der Waals surface area contributed by atoms with Crippen LogP contribution >= 0.6 is 0 Å². The summed E-state index contributed by atoms with van der Waals surface area (Å²) < 4.78 is 5.14. The summed E-state index contributed by atoms with van der Waals surface area (Å²) in [5.74, 6) is 0.555. The number of methoxy groups -OCH3 is 1. The number of anilines is 1. The van der Waals surface area contributed by atoms with Crippen LogP contribution in [0.5, 0.6) is 5.75 Å². The minimum absolute atomic E-state index is 0.120. The zero-order chi connectivity index (χ0) is 15.8. The summed E-state index contributed by atoms with van der Waals surface area (Å²) in [4.78, 5) is 11.9. The second-order valence-electron chi connectivity index (χ2n) is 4.77. The van der Waals surface area contributed by atoms with Crippen LogP contribution in [0.4, 0.5) is 5.69 Å². The first-order chi connectivity index (χ1) is 10.7. The Kier molecular flexibility index (Phi) is 5.74. The molecule has 2 aromatic rings. The van der Waals surface area contributed by atoms with Gasteiger partial charge in [0.2, 0.25) is 5.91 Å². The molecule has 0 radical (unpaired) electrons. The van der Waals surface area contributed by atoms with E-state index in [9.17, 15) is 4.79 Å². The third kappa shape index (κ3) is 4.75. The molecule has 0 aliphatic heterocycles. The topological polar surface area (TPSA) is 58.6 Å². The molecule has 0 unspecified atom stereocenters. The number of carbonyl (C=O) groups excluding carboxylic acids is 1. The van der Waals surface area contributed by atoms with Crippen molar-refractivity contribution in [1.29, 1.82) is 0 Å². The molecule has 0 saturated carbocycles. The van der Waals surface area contributed by atoms with Gasteiger partial charge in [0.25, 0.3) is 0 Å². The average Bonchev–Trinajstić information content (AvgIpc) is 2.55. The Morgan fingerprint density at radius 2 is 2.00 bits per heavy atom. The van der Waals surface area contributed by atoms with E-state index in [-0.39, 0.29) is 12.5 Å². The van der Waals surface area contributed by atoms with Gasteiger partial charge in [0, 0.05) is 18.4 Å². The number of hydrogen-bond donors (Lipinski definition) is 2. The molecule has 2 N–H and O–H groups in total. The number of aliphatic hydroxyl groups excluding tert-OH is 1. The molecular weight excluding hydrogens is 278 g/mol. The van der Waals surface area contributed by atoms with Crippen molar-refractivity contribution in [2.24, 2.45) is 0 Å². The van der Waals surface area contributed by atoms with E-state index in [2.05, 4.69) is 5.32 Å². The average molecular weight is 297 g/mol. The first kappa shape index (κ1) is 15.8. The normalized spacial score (nSPS) is 10.6. The Morgan fingerprint density at radius 1 is 1.23 bits per heavy atom. The van der Waals surface area contributed by atoms with Gasteiger partial charge in [-0.15, -0.1) is 0 Å². The van der Waals surface area contributed by atoms with Crippen molar-refractivity contribution in [2.75, 3.05) is 19.0 Å². The number of benzene rings is 2. The number of amides is 1. The number of rotatable bonds is 6. The number of ether oxygens (including phenoxy) is 1. The molecule has 22 heavy (non-hydrogen) atoms. The minimum Gasteiger partial charge on any atom is -0.497 e. The molecule has 0 saturated heterocycles. The molecule has 1 amide bonds. The summed E-state index contributed by atoms with van der Waals surface area (Å²) in [6.45, 7) is 0.120. The molecule has 4 nitrogen and oxygen atoms in total. The largest absolute Gasteiger partial charge is 0.497 e. The van der Waals surface area contributed by atoms with Crippen molar-refractivity contribution in [1.82, 2.24) is 0 Å². The summed E-state index contributed by atoms with van der Waals surface area (Å²) in [5, 5.41) is 11.7. The Labute approximate surface area is 130 Å². The fraction of sp³-hybridized carbons (Fsp3) is 0.167. The highest BCUT2D eigenvalue weighted by Gasteiger charge is 1.99. The molecule has 0 aromatic heterocycles. The Balaban J connectivity index is 1.95. The minimum atomic E-state index is -0.197. The summed E-state index contributed by atoms with van der Waals surface area (Å²) in [7, 11) is 1.61. The van der Waals surface area contributed by atoms with Crippen LogP contribution in [0, 0.1) is 0 Å². The number of carbonyl (C=O) groups is 1. The molecule has 2 rings (SSSR count). The standard InChI is InChI=1S/C18H19NO3/c1-22-17-4-2-3-15(13-17)7-10-18(21)19-16-8-5-14(6-9-16)11-12-20/h2-10,13,20H,11-12H2,1H3,(H,19,21). The van der Waals surface area contributed by atoms with Crippen LogP contribution in [0.15, 0.2) is 54.6 Å². The SMILES string of the molecule is COc1cccc(C=CC(=O)Nc2ccc(CCO)cc2)c1. The first-order valence-corrected chi connectivity index (χ1v) is 7.04. The fourth-order valence-electron chi connectivity index (χ4n) is 1.98. The van der Waals surface area contributed by atoms with Gasteiger partial charge in [-0.25, -0.2) is 0 Å². The quantitative estimate of drug-likeness (QED) is 0.806. The molecule has 0 atom stereocenters. The van der Waals surface area contributed by atoms with E-state index < -0.39 is 0 Å². The highest BCUT2D eigenvalue weighted by atomic mass is 16.5. The van der Waals surface area contributed by atoms with Gasteiger partial charge in [0.1, 0.15) is 5.75 Å². The number of nitrogens with one attached hydrogen (secondary N) is 1. The summed E-state index contributed by atoms with van der Waals surface area (Å²) in [6.07, 6.45) is 3.83. The molecular formula is C18H19NO3. The molecule has 0 fully saturated rings. The molecule has 2 aromatic carbocycles. The molecule has 114 valence electrons. The summed E-state index contributed by atoms with van der Waals surface area (Å²) >= 11 is 0. The third-order valence-electron chi connectivity index (χ3n) is 3.14. The predicted molar refractivity (Wildman–Crippen MR) is 87.9 cm³/mol. The lowest BCUT2D eigenvalue weighted by molar-refractivity contribution is -0.111. The van der Waals surface area contributed by atoms with Crippen molar-refractivity contribution in [3.63, 3.8) is 0 Å². The van der Waals surface area contributed by atoms with Gasteiger partial charge in [0.15, 0.2) is 0 Å². The molecule has 4 heteroatoms. The van der Waals surface area contributed by atoms with Crippen molar-refractivity contribution < 1.29 is 14.6 Å². The van der Waals surface area contributed by atoms with Crippen LogP contribution in [0.2, 0.25) is 0 Å². The first-order valence-electron chi connectivity index (χ1n) is 7.04. The zero-order valence-corrected chi connectivity index (χ0v) is 12.5. The van der Waals surface area contributed by atoms with Crippen LogP contribution in [0.1, 0.15) is 11.1 Å². The lowest BCUT2D eigenvalue weighted by Crippen LogP contribution is -2.07. The number of hydrogen-bond acceptors (Lipinski definition) is 3. The maximum Gasteiger partial charge on any atom is 0.248 e. The highest BCUT2D eigenvalue weighted by molar-refractivity contribution is 6.01. The van der Waals surface area contributed by atoms with E-state index in [1.54, 1.807) is 13.2 Å². The van der Waals surface area contributed by atoms with E-state index in [4.69, 9.17) is 9.84 Å². The van der Waals surface area contributed by atoms with Gasteiger partial charge in [-0.3, -0.25) is 4.79 Å². The summed E-state index contributed by atoms with van der Waals surface area (Å²) in [5.41, 5.74) is 2.65. The Morgan fingerprint density at radius 3 is 2.68 bits per heavy atom. The molecule has 0 heterocycles. The van der Waals surface area contributed by atoms with Crippen molar-refractivity contribution in [3.8, 4) is 5.75 Å². The van der Waals surface area contributed by atoms with Crippen molar-refractivity contribution in [3.05, 3.63) is 65.7 Å². The zero-order valence-electron chi connectivity index (χ0n) is 12.5. The van der Waals surface area contributed by atoms with Crippen LogP contribution < -0.4 is 10.1 Å². The summed E-state index contributed by atoms with van der Waals surface area (Å²) in [6, 6.07) is 14.9. The van der Waals surface area contributed by atoms with Gasteiger partial charge in [-0.2, -0.15) is 0 Å². The molecule has 0 aliphatic rings. The van der Waals surface area contributed by atoms with E-state index in [1.807, 2.05) is 48.5 Å². The van der Waals surface area contributed by atoms with E-state index in [1.165, 1.54) is 6.08 Å². The highest BCUT2D eigenvalue weighted by Crippen LogP contribution is 2.14. The van der Waals surface area contributed by atoms with Gasteiger partial charge < -0.3 is 15.2 Å². The van der Waals surface area contributed by atoms with Crippen LogP contribution in [0.25, 0.3) is 6.08 Å². The Hall–Kier alpha value is -2.59. The lowest BCUT2D eigenvalue weighted by Gasteiger charge is -2.04. The molecule has 0 bridgehead atoms. The second-order valence-corrected chi connectivity index (χ2v) is 4.77. The maximum absolute atomic E-state index is 11.9. The fourth-order valence-corrected chi connectivity index (χ4v) is 1.98. The van der Waals surface area contributed by atoms with Crippen LogP contribution in [-0.2, 0) is 11.2 Å².